The predicted molar refractivity (Wildman–Crippen MR) is 68.3 cm³/mol. The van der Waals surface area contributed by atoms with Gasteiger partial charge in [0.05, 0.1) is 6.10 Å². The average molecular weight is 224 g/mol. The van der Waals surface area contributed by atoms with Crippen LogP contribution < -0.4 is 0 Å². The second kappa shape index (κ2) is 6.05. The highest BCUT2D eigenvalue weighted by molar-refractivity contribution is 4.83. The molecule has 1 nitrogen and oxygen atoms in total. The van der Waals surface area contributed by atoms with Gasteiger partial charge in [0.15, 0.2) is 0 Å². The van der Waals surface area contributed by atoms with Crippen LogP contribution >= 0.6 is 0 Å². The van der Waals surface area contributed by atoms with Gasteiger partial charge in [-0.2, -0.15) is 0 Å². The second-order valence-corrected chi connectivity index (χ2v) is 6.07. The maximum atomic E-state index is 10.3. The van der Waals surface area contributed by atoms with Gasteiger partial charge in [-0.1, -0.05) is 51.9 Å². The first-order valence-corrected chi connectivity index (χ1v) is 7.49. The highest BCUT2D eigenvalue weighted by Gasteiger charge is 2.32. The molecule has 0 aromatic heterocycles. The van der Waals surface area contributed by atoms with Gasteiger partial charge in [-0.15, -0.1) is 0 Å². The summed E-state index contributed by atoms with van der Waals surface area (Å²) >= 11 is 0. The third-order valence-electron chi connectivity index (χ3n) is 5.04. The standard InChI is InChI=1S/C15H28O/c1-2-12-7-6-8-13(11-12)14-9-4-3-5-10-15(14)16/h12-16H,2-11H2,1H3. The van der Waals surface area contributed by atoms with E-state index >= 15 is 0 Å². The van der Waals surface area contributed by atoms with E-state index in [-0.39, 0.29) is 6.10 Å². The minimum Gasteiger partial charge on any atom is -0.393 e. The van der Waals surface area contributed by atoms with E-state index < -0.39 is 0 Å². The van der Waals surface area contributed by atoms with Gasteiger partial charge in [0.25, 0.3) is 0 Å². The van der Waals surface area contributed by atoms with E-state index in [4.69, 9.17) is 0 Å². The van der Waals surface area contributed by atoms with Crippen molar-refractivity contribution in [3.8, 4) is 0 Å². The van der Waals surface area contributed by atoms with Gasteiger partial charge in [0, 0.05) is 0 Å². The Kier molecular flexibility index (Phi) is 4.69. The molecule has 2 saturated carbocycles. The first-order chi connectivity index (χ1) is 7.81. The largest absolute Gasteiger partial charge is 0.393 e. The molecule has 0 radical (unpaired) electrons. The molecule has 94 valence electrons. The molecule has 0 heterocycles. The zero-order chi connectivity index (χ0) is 11.4. The van der Waals surface area contributed by atoms with E-state index in [1.54, 1.807) is 0 Å². The Morgan fingerprint density at radius 2 is 1.75 bits per heavy atom. The van der Waals surface area contributed by atoms with E-state index in [9.17, 15) is 5.11 Å². The minimum absolute atomic E-state index is 0.0168. The summed E-state index contributed by atoms with van der Waals surface area (Å²) in [6, 6.07) is 0. The van der Waals surface area contributed by atoms with Crippen LogP contribution in [-0.4, -0.2) is 11.2 Å². The van der Waals surface area contributed by atoms with Crippen LogP contribution in [0.25, 0.3) is 0 Å². The zero-order valence-corrected chi connectivity index (χ0v) is 10.8. The summed E-state index contributed by atoms with van der Waals surface area (Å²) in [7, 11) is 0. The fourth-order valence-corrected chi connectivity index (χ4v) is 3.96. The van der Waals surface area contributed by atoms with Crippen molar-refractivity contribution in [2.75, 3.05) is 0 Å². The quantitative estimate of drug-likeness (QED) is 0.699. The Bertz CT molecular complexity index is 202. The van der Waals surface area contributed by atoms with Gasteiger partial charge >= 0.3 is 0 Å². The Hall–Kier alpha value is -0.0400. The van der Waals surface area contributed by atoms with E-state index in [1.807, 2.05) is 0 Å². The smallest absolute Gasteiger partial charge is 0.0571 e. The molecule has 0 aromatic rings. The van der Waals surface area contributed by atoms with Gasteiger partial charge in [-0.05, 0) is 37.0 Å². The lowest BCUT2D eigenvalue weighted by atomic mass is 9.71. The lowest BCUT2D eigenvalue weighted by molar-refractivity contribution is 0.0433. The van der Waals surface area contributed by atoms with Gasteiger partial charge < -0.3 is 5.11 Å². The van der Waals surface area contributed by atoms with Crippen molar-refractivity contribution in [2.24, 2.45) is 17.8 Å². The van der Waals surface area contributed by atoms with Crippen molar-refractivity contribution in [3.05, 3.63) is 0 Å². The summed E-state index contributed by atoms with van der Waals surface area (Å²) in [5.41, 5.74) is 0. The van der Waals surface area contributed by atoms with Crippen molar-refractivity contribution < 1.29 is 5.11 Å². The molecule has 4 unspecified atom stereocenters. The first-order valence-electron chi connectivity index (χ1n) is 7.49. The predicted octanol–water partition coefficient (Wildman–Crippen LogP) is 4.14. The van der Waals surface area contributed by atoms with Crippen molar-refractivity contribution >= 4 is 0 Å². The summed E-state index contributed by atoms with van der Waals surface area (Å²) in [4.78, 5) is 0. The SMILES string of the molecule is CCC1CCCC(C2CCCCCC2O)C1. The molecule has 2 fully saturated rings. The molecule has 4 atom stereocenters. The molecule has 2 rings (SSSR count). The molecule has 0 saturated heterocycles. The van der Waals surface area contributed by atoms with E-state index in [0.29, 0.717) is 5.92 Å². The Morgan fingerprint density at radius 1 is 0.938 bits per heavy atom. The van der Waals surface area contributed by atoms with Crippen molar-refractivity contribution in [1.82, 2.24) is 0 Å². The second-order valence-electron chi connectivity index (χ2n) is 6.07. The molecule has 2 aliphatic rings. The molecule has 2 aliphatic carbocycles. The molecule has 16 heavy (non-hydrogen) atoms. The van der Waals surface area contributed by atoms with Gasteiger partial charge in [0.1, 0.15) is 0 Å². The fourth-order valence-electron chi connectivity index (χ4n) is 3.96. The molecule has 0 bridgehead atoms. The highest BCUT2D eigenvalue weighted by Crippen LogP contribution is 2.40. The van der Waals surface area contributed by atoms with E-state index in [0.717, 1.165) is 18.3 Å². The molecule has 1 heteroatoms. The van der Waals surface area contributed by atoms with Crippen LogP contribution in [0.1, 0.15) is 71.1 Å². The summed E-state index contributed by atoms with van der Waals surface area (Å²) in [5, 5.41) is 10.3. The minimum atomic E-state index is 0.0168. The molecular formula is C15H28O. The summed E-state index contributed by atoms with van der Waals surface area (Å²) < 4.78 is 0. The van der Waals surface area contributed by atoms with Crippen molar-refractivity contribution in [2.45, 2.75) is 77.2 Å². The van der Waals surface area contributed by atoms with Crippen LogP contribution in [0.2, 0.25) is 0 Å². The van der Waals surface area contributed by atoms with Crippen molar-refractivity contribution in [1.29, 1.82) is 0 Å². The van der Waals surface area contributed by atoms with Crippen LogP contribution in [0.15, 0.2) is 0 Å². The maximum Gasteiger partial charge on any atom is 0.0571 e. The van der Waals surface area contributed by atoms with Crippen LogP contribution in [0, 0.1) is 17.8 Å². The number of rotatable bonds is 2. The molecular weight excluding hydrogens is 196 g/mol. The number of aliphatic hydroxyl groups excluding tert-OH is 1. The Morgan fingerprint density at radius 3 is 2.56 bits per heavy atom. The van der Waals surface area contributed by atoms with Crippen molar-refractivity contribution in [3.63, 3.8) is 0 Å². The number of aliphatic hydroxyl groups is 1. The molecule has 0 amide bonds. The summed E-state index contributed by atoms with van der Waals surface area (Å²) in [6.45, 7) is 2.33. The third-order valence-corrected chi connectivity index (χ3v) is 5.04. The van der Waals surface area contributed by atoms with E-state index in [1.165, 1.54) is 57.8 Å². The molecule has 0 aliphatic heterocycles. The lowest BCUT2D eigenvalue weighted by Gasteiger charge is -2.36. The number of hydrogen-bond acceptors (Lipinski definition) is 1. The normalized spacial score (nSPS) is 41.6. The maximum absolute atomic E-state index is 10.3. The highest BCUT2D eigenvalue weighted by atomic mass is 16.3. The van der Waals surface area contributed by atoms with Crippen LogP contribution in [-0.2, 0) is 0 Å². The fraction of sp³-hybridized carbons (Fsp3) is 1.00. The van der Waals surface area contributed by atoms with Crippen LogP contribution in [0.5, 0.6) is 0 Å². The molecule has 0 spiro atoms. The number of hydrogen-bond donors (Lipinski definition) is 1. The van der Waals surface area contributed by atoms with Gasteiger partial charge in [-0.25, -0.2) is 0 Å². The summed E-state index contributed by atoms with van der Waals surface area (Å²) in [6.07, 6.45) is 13.3. The topological polar surface area (TPSA) is 20.2 Å². The lowest BCUT2D eigenvalue weighted by Crippen LogP contribution is -2.30. The average Bonchev–Trinajstić information content (AvgIpc) is 2.54. The Balaban J connectivity index is 1.93. The monoisotopic (exact) mass is 224 g/mol. The summed E-state index contributed by atoms with van der Waals surface area (Å²) in [5.74, 6) is 2.43. The zero-order valence-electron chi connectivity index (χ0n) is 10.8. The molecule has 0 aromatic carbocycles. The van der Waals surface area contributed by atoms with Gasteiger partial charge in [0.2, 0.25) is 0 Å². The first kappa shape index (κ1) is 12.4. The molecule has 1 N–H and O–H groups in total. The third kappa shape index (κ3) is 3.00. The van der Waals surface area contributed by atoms with Crippen LogP contribution in [0.3, 0.4) is 0 Å². The Labute approximate surface area is 101 Å². The van der Waals surface area contributed by atoms with Crippen LogP contribution in [0.4, 0.5) is 0 Å². The van der Waals surface area contributed by atoms with Gasteiger partial charge in [-0.3, -0.25) is 0 Å². The van der Waals surface area contributed by atoms with E-state index in [2.05, 4.69) is 6.92 Å².